The maximum atomic E-state index is 12.6. The molecule has 0 saturated heterocycles. The second-order valence-corrected chi connectivity index (χ2v) is 9.83. The van der Waals surface area contributed by atoms with E-state index in [1.165, 1.54) is 6.26 Å². The first kappa shape index (κ1) is 19.5. The molecule has 2 rings (SSSR count). The minimum atomic E-state index is -3.22. The number of benzene rings is 2. The summed E-state index contributed by atoms with van der Waals surface area (Å²) in [6, 6.07) is 13.9. The Hall–Kier alpha value is -1.79. The fourth-order valence-electron chi connectivity index (χ4n) is 2.37. The van der Waals surface area contributed by atoms with Crippen LogP contribution >= 0.6 is 11.8 Å². The Bertz CT molecular complexity index is 843. The predicted octanol–water partition coefficient (Wildman–Crippen LogP) is 4.08. The molecule has 4 nitrogen and oxygen atoms in total. The lowest BCUT2D eigenvalue weighted by Gasteiger charge is -2.17. The topological polar surface area (TPSA) is 63.2 Å². The zero-order valence-corrected chi connectivity index (χ0v) is 16.4. The summed E-state index contributed by atoms with van der Waals surface area (Å²) in [6.45, 7) is 6.06. The average Bonchev–Trinajstić information content (AvgIpc) is 2.54. The van der Waals surface area contributed by atoms with E-state index >= 15 is 0 Å². The molecule has 0 aliphatic carbocycles. The third-order valence-electron chi connectivity index (χ3n) is 3.65. The van der Waals surface area contributed by atoms with Crippen LogP contribution in [-0.2, 0) is 9.84 Å². The van der Waals surface area contributed by atoms with E-state index in [4.69, 9.17) is 0 Å². The smallest absolute Gasteiger partial charge is 0.252 e. The molecule has 0 saturated carbocycles. The Morgan fingerprint density at radius 1 is 1.00 bits per heavy atom. The zero-order chi connectivity index (χ0) is 18.6. The van der Waals surface area contributed by atoms with Gasteiger partial charge in [0, 0.05) is 16.4 Å². The molecular formula is C19H23NO3S2. The molecule has 0 aromatic heterocycles. The third kappa shape index (κ3) is 5.34. The number of carbonyl (C=O) groups excluding carboxylic acids is 1. The Balaban J connectivity index is 2.15. The minimum Gasteiger partial charge on any atom is -0.345 e. The predicted molar refractivity (Wildman–Crippen MR) is 103 cm³/mol. The molecule has 25 heavy (non-hydrogen) atoms. The van der Waals surface area contributed by atoms with Crippen LogP contribution in [0, 0.1) is 0 Å². The molecule has 1 atom stereocenters. The van der Waals surface area contributed by atoms with Gasteiger partial charge in [-0.2, -0.15) is 0 Å². The summed E-state index contributed by atoms with van der Waals surface area (Å²) >= 11 is 1.65. The summed E-state index contributed by atoms with van der Waals surface area (Å²) in [5.74, 6) is -0.136. The van der Waals surface area contributed by atoms with Crippen LogP contribution in [0.1, 0.15) is 42.7 Å². The lowest BCUT2D eigenvalue weighted by molar-refractivity contribution is 0.0937. The van der Waals surface area contributed by atoms with Crippen LogP contribution in [0.5, 0.6) is 0 Å². The van der Waals surface area contributed by atoms with Crippen molar-refractivity contribution >= 4 is 27.5 Å². The number of carbonyl (C=O) groups is 1. The van der Waals surface area contributed by atoms with E-state index in [0.29, 0.717) is 10.8 Å². The van der Waals surface area contributed by atoms with Crippen molar-refractivity contribution in [3.05, 3.63) is 59.7 Å². The van der Waals surface area contributed by atoms with Gasteiger partial charge in [0.2, 0.25) is 0 Å². The van der Waals surface area contributed by atoms with Crippen molar-refractivity contribution < 1.29 is 13.2 Å². The van der Waals surface area contributed by atoms with Gasteiger partial charge in [-0.1, -0.05) is 38.1 Å². The number of sulfone groups is 1. The first-order valence-corrected chi connectivity index (χ1v) is 10.8. The fourth-order valence-corrected chi connectivity index (χ4v) is 3.96. The van der Waals surface area contributed by atoms with Gasteiger partial charge >= 0.3 is 0 Å². The van der Waals surface area contributed by atoms with Crippen LogP contribution in [0.25, 0.3) is 0 Å². The van der Waals surface area contributed by atoms with E-state index in [1.54, 1.807) is 36.0 Å². The van der Waals surface area contributed by atoms with Crippen molar-refractivity contribution in [3.63, 3.8) is 0 Å². The molecule has 6 heteroatoms. The molecule has 1 N–H and O–H groups in total. The number of hydrogen-bond donors (Lipinski definition) is 1. The summed E-state index contributed by atoms with van der Waals surface area (Å²) in [6.07, 6.45) is 1.18. The second-order valence-electron chi connectivity index (χ2n) is 6.20. The second kappa shape index (κ2) is 8.06. The van der Waals surface area contributed by atoms with Gasteiger partial charge in [0.1, 0.15) is 0 Å². The molecule has 134 valence electrons. The van der Waals surface area contributed by atoms with Crippen molar-refractivity contribution in [3.8, 4) is 0 Å². The molecule has 1 unspecified atom stereocenters. The molecule has 0 aliphatic rings. The molecule has 0 heterocycles. The third-order valence-corrected chi connectivity index (χ3v) is 5.86. The molecule has 0 spiro atoms. The van der Waals surface area contributed by atoms with E-state index in [-0.39, 0.29) is 16.8 Å². The molecule has 0 fully saturated rings. The number of thioether (sulfide) groups is 1. The van der Waals surface area contributed by atoms with Crippen LogP contribution < -0.4 is 5.32 Å². The molecule has 0 aliphatic heterocycles. The maximum Gasteiger partial charge on any atom is 0.252 e. The Morgan fingerprint density at radius 2 is 1.60 bits per heavy atom. The number of rotatable bonds is 6. The summed E-state index contributed by atoms with van der Waals surface area (Å²) in [7, 11) is -3.22. The van der Waals surface area contributed by atoms with Gasteiger partial charge in [0.25, 0.3) is 5.91 Å². The van der Waals surface area contributed by atoms with Gasteiger partial charge in [-0.25, -0.2) is 8.42 Å². The molecule has 0 radical (unpaired) electrons. The van der Waals surface area contributed by atoms with E-state index in [0.717, 1.165) is 10.5 Å². The van der Waals surface area contributed by atoms with Crippen molar-refractivity contribution in [2.75, 3.05) is 6.26 Å². The maximum absolute atomic E-state index is 12.6. The average molecular weight is 378 g/mol. The highest BCUT2D eigenvalue weighted by atomic mass is 32.2. The molecule has 2 aromatic carbocycles. The van der Waals surface area contributed by atoms with Gasteiger partial charge in [0.05, 0.1) is 16.5 Å². The van der Waals surface area contributed by atoms with Crippen LogP contribution in [0.15, 0.2) is 58.3 Å². The van der Waals surface area contributed by atoms with E-state index in [2.05, 4.69) is 19.2 Å². The first-order valence-electron chi connectivity index (χ1n) is 8.05. The Labute approximate surface area is 154 Å². The SMILES string of the molecule is CC(C)Sc1ccccc1C(=O)NC(C)c1ccc(S(C)(=O)=O)cc1. The van der Waals surface area contributed by atoms with Crippen molar-refractivity contribution in [1.29, 1.82) is 0 Å². The molecule has 0 bridgehead atoms. The van der Waals surface area contributed by atoms with E-state index in [9.17, 15) is 13.2 Å². The summed E-state index contributed by atoms with van der Waals surface area (Å²) < 4.78 is 23.1. The highest BCUT2D eigenvalue weighted by molar-refractivity contribution is 8.00. The van der Waals surface area contributed by atoms with Crippen LogP contribution in [0.2, 0.25) is 0 Å². The normalized spacial score (nSPS) is 12.8. The quantitative estimate of drug-likeness (QED) is 0.771. The molecule has 1 amide bonds. The Kier molecular flexibility index (Phi) is 6.30. The minimum absolute atomic E-state index is 0.136. The molecular weight excluding hydrogens is 354 g/mol. The van der Waals surface area contributed by atoms with Crippen molar-refractivity contribution in [2.24, 2.45) is 0 Å². The van der Waals surface area contributed by atoms with Gasteiger partial charge in [-0.05, 0) is 36.8 Å². The summed E-state index contributed by atoms with van der Waals surface area (Å²) in [4.78, 5) is 13.9. The summed E-state index contributed by atoms with van der Waals surface area (Å²) in [5, 5.41) is 3.37. The highest BCUT2D eigenvalue weighted by Gasteiger charge is 2.16. The van der Waals surface area contributed by atoms with Gasteiger partial charge in [-0.3, -0.25) is 4.79 Å². The van der Waals surface area contributed by atoms with E-state index < -0.39 is 9.84 Å². The standard InChI is InChI=1S/C19H23NO3S2/c1-13(2)24-18-8-6-5-7-17(18)19(21)20-14(3)15-9-11-16(12-10-15)25(4,22)23/h5-14H,1-4H3,(H,20,21). The fraction of sp³-hybridized carbons (Fsp3) is 0.316. The van der Waals surface area contributed by atoms with Gasteiger partial charge in [0.15, 0.2) is 9.84 Å². The number of nitrogens with one attached hydrogen (secondary N) is 1. The highest BCUT2D eigenvalue weighted by Crippen LogP contribution is 2.27. The van der Waals surface area contributed by atoms with Crippen LogP contribution in [-0.4, -0.2) is 25.8 Å². The van der Waals surface area contributed by atoms with Gasteiger partial charge in [-0.15, -0.1) is 11.8 Å². The number of amides is 1. The first-order chi connectivity index (χ1) is 11.7. The van der Waals surface area contributed by atoms with Crippen LogP contribution in [0.4, 0.5) is 0 Å². The van der Waals surface area contributed by atoms with Crippen molar-refractivity contribution in [1.82, 2.24) is 5.32 Å². The van der Waals surface area contributed by atoms with Crippen LogP contribution in [0.3, 0.4) is 0 Å². The lowest BCUT2D eigenvalue weighted by Crippen LogP contribution is -2.27. The van der Waals surface area contributed by atoms with Crippen molar-refractivity contribution in [2.45, 2.75) is 41.9 Å². The monoisotopic (exact) mass is 377 g/mol. The zero-order valence-electron chi connectivity index (χ0n) is 14.8. The number of hydrogen-bond acceptors (Lipinski definition) is 4. The largest absolute Gasteiger partial charge is 0.345 e. The summed E-state index contributed by atoms with van der Waals surface area (Å²) in [5.41, 5.74) is 1.51. The Morgan fingerprint density at radius 3 is 2.16 bits per heavy atom. The van der Waals surface area contributed by atoms with Gasteiger partial charge < -0.3 is 5.32 Å². The van der Waals surface area contributed by atoms with E-state index in [1.807, 2.05) is 31.2 Å². The molecule has 2 aromatic rings. The lowest BCUT2D eigenvalue weighted by atomic mass is 10.1.